The second-order valence-electron chi connectivity index (χ2n) is 13.2. The minimum absolute atomic E-state index is 0.0676. The molecule has 0 unspecified atom stereocenters. The predicted molar refractivity (Wildman–Crippen MR) is 205 cm³/mol. The topological polar surface area (TPSA) is 29.9 Å². The van der Waals surface area contributed by atoms with Crippen LogP contribution in [0.15, 0.2) is 164 Å². The maximum atomic E-state index is 10.4. The standard InChI is InChI=1S/C47H28N2O/c1-2-12-30-28(11-1)21-23-42-46(30)35-26-34-33-15-5-9-19-40(33)48-41(34)27-43(35)49(42)29-22-24-45-39(25-29)47(38-18-8-10-20-44(38)50-45)36-16-6-3-13-31(36)32-14-4-7-17-37(32)47/h1-27,48H/i8D,10D,18D,20D,22D,24D,25D. The molecule has 0 saturated heterocycles. The van der Waals surface area contributed by atoms with Crippen molar-refractivity contribution in [2.24, 2.45) is 0 Å². The Labute approximate surface area is 297 Å². The van der Waals surface area contributed by atoms with Crippen molar-refractivity contribution < 1.29 is 14.3 Å². The SMILES string of the molecule is [2H]c1c([2H])c([2H])c2c(c1[2H])Oc1c([2H])c([2H])c(-n3c4cc5[nH]c6ccccc6c5cc4c4c5ccccc5ccc43)c([2H])c1C21c2ccccc2-c2ccccc21. The summed E-state index contributed by atoms with van der Waals surface area (Å²) in [7, 11) is 0. The molecule has 1 spiro atoms. The summed E-state index contributed by atoms with van der Waals surface area (Å²) in [6.07, 6.45) is 0. The molecule has 0 bridgehead atoms. The van der Waals surface area contributed by atoms with Crippen molar-refractivity contribution in [3.63, 3.8) is 0 Å². The van der Waals surface area contributed by atoms with E-state index in [9.17, 15) is 5.48 Å². The Kier molecular flexibility index (Phi) is 3.86. The van der Waals surface area contributed by atoms with Gasteiger partial charge in [0.1, 0.15) is 11.5 Å². The molecule has 3 nitrogen and oxygen atoms in total. The van der Waals surface area contributed by atoms with Crippen LogP contribution in [0, 0.1) is 0 Å². The van der Waals surface area contributed by atoms with Gasteiger partial charge in [-0.2, -0.15) is 0 Å². The van der Waals surface area contributed by atoms with Gasteiger partial charge in [-0.05, 0) is 81.5 Å². The predicted octanol–water partition coefficient (Wildman–Crippen LogP) is 12.0. The molecule has 12 rings (SSSR count). The third-order valence-corrected chi connectivity index (χ3v) is 10.8. The third-order valence-electron chi connectivity index (χ3n) is 10.8. The van der Waals surface area contributed by atoms with Crippen LogP contribution in [0.2, 0.25) is 0 Å². The van der Waals surface area contributed by atoms with Crippen LogP contribution in [0.25, 0.3) is 71.2 Å². The molecule has 232 valence electrons. The number of fused-ring (bicyclic) bond motifs is 17. The Hall–Kier alpha value is -6.58. The van der Waals surface area contributed by atoms with Crippen LogP contribution in [-0.4, -0.2) is 9.55 Å². The van der Waals surface area contributed by atoms with Crippen molar-refractivity contribution in [1.29, 1.82) is 0 Å². The summed E-state index contributed by atoms with van der Waals surface area (Å²) in [5.74, 6) is -0.174. The fourth-order valence-electron chi connectivity index (χ4n) is 8.85. The molecule has 8 aromatic carbocycles. The van der Waals surface area contributed by atoms with Crippen LogP contribution >= 0.6 is 0 Å². The molecule has 1 N–H and O–H groups in total. The van der Waals surface area contributed by atoms with Gasteiger partial charge in [-0.25, -0.2) is 0 Å². The van der Waals surface area contributed by atoms with Crippen LogP contribution in [-0.2, 0) is 5.41 Å². The summed E-state index contributed by atoms with van der Waals surface area (Å²) in [6, 6.07) is 38.0. The van der Waals surface area contributed by atoms with Crippen molar-refractivity contribution in [3.8, 4) is 28.3 Å². The van der Waals surface area contributed by atoms with E-state index in [-0.39, 0.29) is 58.5 Å². The van der Waals surface area contributed by atoms with E-state index in [4.69, 9.17) is 8.85 Å². The lowest BCUT2D eigenvalue weighted by molar-refractivity contribution is 0.436. The summed E-state index contributed by atoms with van der Waals surface area (Å²) in [6.45, 7) is 0. The number of H-pyrrole nitrogens is 1. The van der Waals surface area contributed by atoms with Gasteiger partial charge in [0.25, 0.3) is 0 Å². The number of hydrogen-bond donors (Lipinski definition) is 1. The van der Waals surface area contributed by atoms with Crippen molar-refractivity contribution in [2.45, 2.75) is 5.41 Å². The van der Waals surface area contributed by atoms with Gasteiger partial charge in [-0.1, -0.05) is 115 Å². The summed E-state index contributed by atoms with van der Waals surface area (Å²) in [5.41, 5.74) is 5.67. The first-order valence-electron chi connectivity index (χ1n) is 20.2. The molecule has 10 aromatic rings. The Balaban J connectivity index is 1.30. The normalized spacial score (nSPS) is 15.9. The van der Waals surface area contributed by atoms with Crippen molar-refractivity contribution in [1.82, 2.24) is 9.55 Å². The minimum Gasteiger partial charge on any atom is -0.457 e. The monoisotopic (exact) mass is 643 g/mol. The van der Waals surface area contributed by atoms with E-state index in [1.807, 2.05) is 95.6 Å². The highest BCUT2D eigenvalue weighted by atomic mass is 16.5. The lowest BCUT2D eigenvalue weighted by Crippen LogP contribution is -2.32. The summed E-state index contributed by atoms with van der Waals surface area (Å²) in [5, 5.41) is 6.09. The van der Waals surface area contributed by atoms with Crippen LogP contribution in [0.1, 0.15) is 31.8 Å². The Morgan fingerprint density at radius 1 is 0.540 bits per heavy atom. The number of para-hydroxylation sites is 2. The zero-order valence-electron chi connectivity index (χ0n) is 33.4. The van der Waals surface area contributed by atoms with Crippen LogP contribution in [0.4, 0.5) is 0 Å². The molecule has 3 heteroatoms. The Morgan fingerprint density at radius 2 is 1.26 bits per heavy atom. The van der Waals surface area contributed by atoms with Gasteiger partial charge < -0.3 is 14.3 Å². The molecular weight excluding hydrogens is 609 g/mol. The molecule has 0 atom stereocenters. The second-order valence-corrected chi connectivity index (χ2v) is 13.2. The highest BCUT2D eigenvalue weighted by Gasteiger charge is 2.51. The molecule has 50 heavy (non-hydrogen) atoms. The first kappa shape index (κ1) is 20.7. The first-order chi connectivity index (χ1) is 27.7. The van der Waals surface area contributed by atoms with Crippen LogP contribution < -0.4 is 4.74 Å². The highest BCUT2D eigenvalue weighted by molar-refractivity contribution is 6.25. The average molecular weight is 644 g/mol. The molecule has 0 saturated carbocycles. The third kappa shape index (κ3) is 3.16. The van der Waals surface area contributed by atoms with E-state index in [2.05, 4.69) is 35.3 Å². The smallest absolute Gasteiger partial charge is 0.132 e. The number of benzene rings is 8. The number of rotatable bonds is 1. The summed E-state index contributed by atoms with van der Waals surface area (Å²) < 4.78 is 74.4. The Morgan fingerprint density at radius 3 is 2.12 bits per heavy atom. The van der Waals surface area contributed by atoms with E-state index in [0.29, 0.717) is 11.1 Å². The number of nitrogens with zero attached hydrogens (tertiary/aromatic N) is 1. The van der Waals surface area contributed by atoms with Gasteiger partial charge in [-0.3, -0.25) is 0 Å². The molecular formula is C47H28N2O. The number of hydrogen-bond acceptors (Lipinski definition) is 1. The molecule has 0 fully saturated rings. The van der Waals surface area contributed by atoms with Gasteiger partial charge >= 0.3 is 0 Å². The van der Waals surface area contributed by atoms with Crippen molar-refractivity contribution >= 4 is 54.4 Å². The number of ether oxygens (including phenoxy) is 1. The molecule has 2 aromatic heterocycles. The van der Waals surface area contributed by atoms with Gasteiger partial charge in [0.05, 0.1) is 26.0 Å². The molecule has 3 heterocycles. The molecule has 2 aliphatic rings. The number of aromatic nitrogens is 2. The molecule has 1 aliphatic heterocycles. The summed E-state index contributed by atoms with van der Waals surface area (Å²) >= 11 is 0. The lowest BCUT2D eigenvalue weighted by Gasteiger charge is -2.39. The van der Waals surface area contributed by atoms with E-state index < -0.39 is 17.5 Å². The minimum atomic E-state index is -1.49. The maximum Gasteiger partial charge on any atom is 0.132 e. The fourth-order valence-corrected chi connectivity index (χ4v) is 8.85. The van der Waals surface area contributed by atoms with Crippen molar-refractivity contribution in [3.05, 3.63) is 186 Å². The van der Waals surface area contributed by atoms with Gasteiger partial charge in [-0.15, -0.1) is 0 Å². The van der Waals surface area contributed by atoms with E-state index in [0.717, 1.165) is 65.5 Å². The highest BCUT2D eigenvalue weighted by Crippen LogP contribution is 2.62. The molecule has 0 radical (unpaired) electrons. The van der Waals surface area contributed by atoms with E-state index in [1.165, 1.54) is 0 Å². The molecule has 1 aliphatic carbocycles. The lowest BCUT2D eigenvalue weighted by atomic mass is 9.66. The van der Waals surface area contributed by atoms with Gasteiger partial charge in [0.15, 0.2) is 0 Å². The van der Waals surface area contributed by atoms with Crippen LogP contribution in [0.5, 0.6) is 11.5 Å². The average Bonchev–Trinajstić information content (AvgIpc) is 3.86. The summed E-state index contributed by atoms with van der Waals surface area (Å²) in [4.78, 5) is 3.58. The van der Waals surface area contributed by atoms with E-state index >= 15 is 0 Å². The van der Waals surface area contributed by atoms with E-state index in [1.54, 1.807) is 0 Å². The zero-order valence-corrected chi connectivity index (χ0v) is 26.4. The largest absolute Gasteiger partial charge is 0.457 e. The van der Waals surface area contributed by atoms with Gasteiger partial charge in [0.2, 0.25) is 0 Å². The molecule has 0 amide bonds. The zero-order chi connectivity index (χ0) is 38.6. The number of nitrogens with one attached hydrogen (secondary N) is 1. The second kappa shape index (κ2) is 9.31. The van der Waals surface area contributed by atoms with Crippen LogP contribution in [0.3, 0.4) is 0 Å². The van der Waals surface area contributed by atoms with Crippen molar-refractivity contribution in [2.75, 3.05) is 0 Å². The Bertz CT molecular complexity index is 3450. The quantitative estimate of drug-likeness (QED) is 0.190. The fraction of sp³-hybridized carbons (Fsp3) is 0.0213. The maximum absolute atomic E-state index is 10.4. The number of aromatic amines is 1. The van der Waals surface area contributed by atoms with Gasteiger partial charge in [0, 0.05) is 49.4 Å². The first-order valence-corrected chi connectivity index (χ1v) is 16.7.